The Morgan fingerprint density at radius 1 is 1.29 bits per heavy atom. The lowest BCUT2D eigenvalue weighted by Crippen LogP contribution is -2.38. The number of thiophene rings is 1. The minimum Gasteiger partial charge on any atom is -0.309 e. The Balaban J connectivity index is 1.81. The average molecular weight is 329 g/mol. The maximum absolute atomic E-state index is 13.0. The van der Waals surface area contributed by atoms with Crippen LogP contribution in [0.2, 0.25) is 0 Å². The van der Waals surface area contributed by atoms with E-state index in [1.807, 2.05) is 12.3 Å². The normalized spacial score (nSPS) is 21.8. The quantitative estimate of drug-likeness (QED) is 0.904. The van der Waals surface area contributed by atoms with Crippen LogP contribution >= 0.6 is 11.3 Å². The van der Waals surface area contributed by atoms with Gasteiger partial charge in [-0.25, -0.2) is 8.42 Å². The van der Waals surface area contributed by atoms with E-state index in [1.54, 1.807) is 15.6 Å². The van der Waals surface area contributed by atoms with Gasteiger partial charge < -0.3 is 5.32 Å². The number of aryl methyl sites for hydroxylation is 1. The predicted molar refractivity (Wildman–Crippen MR) is 86.1 cm³/mol. The van der Waals surface area contributed by atoms with Crippen molar-refractivity contribution in [2.75, 3.05) is 13.1 Å². The first-order valence-corrected chi connectivity index (χ1v) is 10.1. The van der Waals surface area contributed by atoms with E-state index < -0.39 is 10.0 Å². The van der Waals surface area contributed by atoms with E-state index >= 15 is 0 Å². The first-order chi connectivity index (χ1) is 9.98. The summed E-state index contributed by atoms with van der Waals surface area (Å²) in [5.74, 6) is 0.635. The van der Waals surface area contributed by atoms with Gasteiger partial charge >= 0.3 is 0 Å². The Kier molecular flexibility index (Phi) is 4.41. The predicted octanol–water partition coefficient (Wildman–Crippen LogP) is 2.73. The molecule has 4 nitrogen and oxygen atoms in total. The van der Waals surface area contributed by atoms with Gasteiger partial charge in [-0.1, -0.05) is 6.92 Å². The highest BCUT2D eigenvalue weighted by atomic mass is 32.2. The Labute approximate surface area is 131 Å². The van der Waals surface area contributed by atoms with E-state index in [0.29, 0.717) is 36.5 Å². The van der Waals surface area contributed by atoms with Crippen molar-refractivity contribution in [3.05, 3.63) is 15.8 Å². The monoisotopic (exact) mass is 328 g/mol. The number of sulfonamides is 1. The fourth-order valence-corrected chi connectivity index (χ4v) is 6.02. The molecule has 1 aliphatic carbocycles. The summed E-state index contributed by atoms with van der Waals surface area (Å²) in [6.45, 7) is 6.12. The third-order valence-corrected chi connectivity index (χ3v) is 7.82. The fourth-order valence-electron chi connectivity index (χ4n) is 2.83. The summed E-state index contributed by atoms with van der Waals surface area (Å²) in [5, 5.41) is 5.41. The summed E-state index contributed by atoms with van der Waals surface area (Å²) in [7, 11) is -3.33. The van der Waals surface area contributed by atoms with E-state index in [4.69, 9.17) is 0 Å². The van der Waals surface area contributed by atoms with Crippen LogP contribution in [-0.4, -0.2) is 31.9 Å². The van der Waals surface area contributed by atoms with Gasteiger partial charge in [-0.2, -0.15) is 4.31 Å². The Hall–Kier alpha value is -0.430. The molecule has 1 aromatic heterocycles. The molecule has 118 valence electrons. The standard InChI is InChI=1S/C15H24N2O2S2/c1-11-5-7-17(8-6-11)21(18,19)15-12(2)10-20-14(15)9-16-13-3-4-13/h10-11,13,16H,3-9H2,1-2H3. The van der Waals surface area contributed by atoms with E-state index in [-0.39, 0.29) is 0 Å². The summed E-state index contributed by atoms with van der Waals surface area (Å²) in [6, 6.07) is 0.596. The van der Waals surface area contributed by atoms with Crippen LogP contribution in [0.15, 0.2) is 10.3 Å². The van der Waals surface area contributed by atoms with Crippen LogP contribution in [0.1, 0.15) is 43.0 Å². The highest BCUT2D eigenvalue weighted by Crippen LogP contribution is 2.32. The number of piperidine rings is 1. The number of rotatable bonds is 5. The molecule has 1 aromatic rings. The second-order valence-electron chi connectivity index (χ2n) is 6.41. The van der Waals surface area contributed by atoms with Gasteiger partial charge in [-0.15, -0.1) is 11.3 Å². The molecule has 0 amide bonds. The van der Waals surface area contributed by atoms with Crippen LogP contribution in [0.3, 0.4) is 0 Å². The zero-order valence-electron chi connectivity index (χ0n) is 12.8. The van der Waals surface area contributed by atoms with Crippen molar-refractivity contribution in [1.29, 1.82) is 0 Å². The molecule has 2 heterocycles. The zero-order chi connectivity index (χ0) is 15.0. The molecular formula is C15H24N2O2S2. The lowest BCUT2D eigenvalue weighted by molar-refractivity contribution is 0.288. The molecule has 1 saturated heterocycles. The Morgan fingerprint density at radius 2 is 1.95 bits per heavy atom. The van der Waals surface area contributed by atoms with Crippen LogP contribution in [0, 0.1) is 12.8 Å². The summed E-state index contributed by atoms with van der Waals surface area (Å²) in [4.78, 5) is 1.54. The highest BCUT2D eigenvalue weighted by molar-refractivity contribution is 7.89. The van der Waals surface area contributed by atoms with Crippen molar-refractivity contribution >= 4 is 21.4 Å². The van der Waals surface area contributed by atoms with Gasteiger partial charge in [0.2, 0.25) is 10.0 Å². The first kappa shape index (κ1) is 15.5. The number of hydrogen-bond donors (Lipinski definition) is 1. The van der Waals surface area contributed by atoms with Crippen molar-refractivity contribution in [1.82, 2.24) is 9.62 Å². The molecule has 0 radical (unpaired) electrons. The summed E-state index contributed by atoms with van der Waals surface area (Å²) >= 11 is 1.57. The van der Waals surface area contributed by atoms with Gasteiger partial charge in [-0.3, -0.25) is 0 Å². The van der Waals surface area contributed by atoms with Gasteiger partial charge in [0, 0.05) is 30.6 Å². The second-order valence-corrected chi connectivity index (χ2v) is 9.25. The van der Waals surface area contributed by atoms with Crippen LogP contribution in [0.5, 0.6) is 0 Å². The summed E-state index contributed by atoms with van der Waals surface area (Å²) < 4.78 is 27.6. The summed E-state index contributed by atoms with van der Waals surface area (Å²) in [5.41, 5.74) is 0.895. The second kappa shape index (κ2) is 5.99. The van der Waals surface area contributed by atoms with Crippen molar-refractivity contribution in [2.24, 2.45) is 5.92 Å². The van der Waals surface area contributed by atoms with Crippen LogP contribution in [0.25, 0.3) is 0 Å². The molecule has 1 aliphatic heterocycles. The molecule has 0 bridgehead atoms. The topological polar surface area (TPSA) is 49.4 Å². The maximum atomic E-state index is 13.0. The zero-order valence-corrected chi connectivity index (χ0v) is 14.4. The SMILES string of the molecule is Cc1csc(CNC2CC2)c1S(=O)(=O)N1CCC(C)CC1. The molecule has 3 rings (SSSR count). The third-order valence-electron chi connectivity index (χ3n) is 4.46. The van der Waals surface area contributed by atoms with Crippen LogP contribution in [-0.2, 0) is 16.6 Å². The molecule has 6 heteroatoms. The van der Waals surface area contributed by atoms with Gasteiger partial charge in [0.05, 0.1) is 0 Å². The minimum absolute atomic E-state index is 0.565. The van der Waals surface area contributed by atoms with Gasteiger partial charge in [0.1, 0.15) is 4.90 Å². The molecule has 21 heavy (non-hydrogen) atoms. The Bertz CT molecular complexity index is 597. The lowest BCUT2D eigenvalue weighted by Gasteiger charge is -2.29. The number of hydrogen-bond acceptors (Lipinski definition) is 4. The molecule has 0 atom stereocenters. The fraction of sp³-hybridized carbons (Fsp3) is 0.733. The van der Waals surface area contributed by atoms with Crippen molar-refractivity contribution < 1.29 is 8.42 Å². The smallest absolute Gasteiger partial charge is 0.244 e. The molecule has 1 saturated carbocycles. The number of nitrogens with zero attached hydrogens (tertiary/aromatic N) is 1. The Morgan fingerprint density at radius 3 is 2.57 bits per heavy atom. The molecule has 2 fully saturated rings. The van der Waals surface area contributed by atoms with Gasteiger partial charge in [0.15, 0.2) is 0 Å². The van der Waals surface area contributed by atoms with Crippen molar-refractivity contribution in [3.8, 4) is 0 Å². The molecule has 0 unspecified atom stereocenters. The number of nitrogens with one attached hydrogen (secondary N) is 1. The maximum Gasteiger partial charge on any atom is 0.244 e. The molecular weight excluding hydrogens is 304 g/mol. The molecule has 0 aromatic carbocycles. The first-order valence-electron chi connectivity index (χ1n) is 7.79. The van der Waals surface area contributed by atoms with Gasteiger partial charge in [0.25, 0.3) is 0 Å². The molecule has 2 aliphatic rings. The van der Waals surface area contributed by atoms with E-state index in [2.05, 4.69) is 12.2 Å². The lowest BCUT2D eigenvalue weighted by atomic mass is 10.0. The molecule has 1 N–H and O–H groups in total. The highest BCUT2D eigenvalue weighted by Gasteiger charge is 2.32. The van der Waals surface area contributed by atoms with Crippen LogP contribution < -0.4 is 5.32 Å². The van der Waals surface area contributed by atoms with E-state index in [9.17, 15) is 8.42 Å². The average Bonchev–Trinajstić information content (AvgIpc) is 3.19. The van der Waals surface area contributed by atoms with Gasteiger partial charge in [-0.05, 0) is 49.5 Å². The van der Waals surface area contributed by atoms with E-state index in [0.717, 1.165) is 23.3 Å². The largest absolute Gasteiger partial charge is 0.309 e. The minimum atomic E-state index is -3.33. The van der Waals surface area contributed by atoms with Crippen molar-refractivity contribution in [3.63, 3.8) is 0 Å². The third kappa shape index (κ3) is 3.33. The molecule has 0 spiro atoms. The van der Waals surface area contributed by atoms with Crippen LogP contribution in [0.4, 0.5) is 0 Å². The van der Waals surface area contributed by atoms with Crippen molar-refractivity contribution in [2.45, 2.75) is 57.0 Å². The summed E-state index contributed by atoms with van der Waals surface area (Å²) in [6.07, 6.45) is 4.38. The van der Waals surface area contributed by atoms with E-state index in [1.165, 1.54) is 12.8 Å².